The summed E-state index contributed by atoms with van der Waals surface area (Å²) < 4.78 is 25.3. The molecule has 0 bridgehead atoms. The summed E-state index contributed by atoms with van der Waals surface area (Å²) in [6.07, 6.45) is 0. The zero-order chi connectivity index (χ0) is 17.3. The lowest BCUT2D eigenvalue weighted by Gasteiger charge is -2.25. The van der Waals surface area contributed by atoms with E-state index in [9.17, 15) is 13.2 Å². The number of rotatable bonds is 4. The highest BCUT2D eigenvalue weighted by atomic mass is 32.2. The van der Waals surface area contributed by atoms with Crippen LogP contribution in [0.3, 0.4) is 0 Å². The van der Waals surface area contributed by atoms with E-state index in [1.807, 2.05) is 24.3 Å². The third-order valence-corrected chi connectivity index (χ3v) is 6.57. The number of fused-ring (bicyclic) bond motifs is 1. The average Bonchev–Trinajstić information content (AvgIpc) is 2.56. The van der Waals surface area contributed by atoms with Crippen LogP contribution in [0.2, 0.25) is 0 Å². The van der Waals surface area contributed by atoms with Crippen molar-refractivity contribution in [2.75, 3.05) is 24.7 Å². The summed E-state index contributed by atoms with van der Waals surface area (Å²) in [5.41, 5.74) is 1.48. The van der Waals surface area contributed by atoms with Gasteiger partial charge in [0.2, 0.25) is 10.0 Å². The molecule has 0 saturated carbocycles. The Kier molecular flexibility index (Phi) is 4.53. The average molecular weight is 363 g/mol. The lowest BCUT2D eigenvalue weighted by atomic mass is 10.3. The fourth-order valence-corrected chi connectivity index (χ4v) is 4.15. The molecule has 24 heavy (non-hydrogen) atoms. The Hall–Kier alpha value is -2.03. The molecule has 3 rings (SSSR count). The Morgan fingerprint density at radius 3 is 2.42 bits per heavy atom. The highest BCUT2D eigenvalue weighted by Gasteiger charge is 2.26. The monoisotopic (exact) mass is 363 g/mol. The number of amides is 1. The highest BCUT2D eigenvalue weighted by molar-refractivity contribution is 8.01. The molecule has 1 amide bonds. The summed E-state index contributed by atoms with van der Waals surface area (Å²) in [7, 11) is -0.480. The second-order valence-corrected chi connectivity index (χ2v) is 8.74. The van der Waals surface area contributed by atoms with Crippen LogP contribution in [0.1, 0.15) is 0 Å². The largest absolute Gasteiger partial charge is 0.365 e. The molecule has 6 nitrogen and oxygen atoms in total. The number of benzene rings is 2. The topological polar surface area (TPSA) is 78.5 Å². The van der Waals surface area contributed by atoms with E-state index in [0.717, 1.165) is 14.9 Å². The molecule has 2 aromatic rings. The predicted molar refractivity (Wildman–Crippen MR) is 95.7 cm³/mol. The number of hydrogen-bond acceptors (Lipinski definition) is 5. The summed E-state index contributed by atoms with van der Waals surface area (Å²) in [6.45, 7) is 0. The number of hydrogen-bond donors (Lipinski definition) is 2. The molecule has 1 aliphatic heterocycles. The van der Waals surface area contributed by atoms with E-state index >= 15 is 0 Å². The Labute approximate surface area is 145 Å². The van der Waals surface area contributed by atoms with Crippen LogP contribution >= 0.6 is 11.8 Å². The van der Waals surface area contributed by atoms with Gasteiger partial charge in [-0.15, -0.1) is 0 Å². The molecule has 1 atom stereocenters. The van der Waals surface area contributed by atoms with Gasteiger partial charge in [0.1, 0.15) is 0 Å². The summed E-state index contributed by atoms with van der Waals surface area (Å²) in [4.78, 5) is 13.4. The van der Waals surface area contributed by atoms with E-state index < -0.39 is 15.4 Å². The van der Waals surface area contributed by atoms with Gasteiger partial charge in [0.15, 0.2) is 5.37 Å². The van der Waals surface area contributed by atoms with Crippen molar-refractivity contribution in [1.29, 1.82) is 0 Å². The van der Waals surface area contributed by atoms with Crippen LogP contribution in [0.5, 0.6) is 0 Å². The van der Waals surface area contributed by atoms with Gasteiger partial charge in [-0.1, -0.05) is 23.9 Å². The first-order chi connectivity index (χ1) is 11.4. The van der Waals surface area contributed by atoms with E-state index in [2.05, 4.69) is 10.6 Å². The van der Waals surface area contributed by atoms with Gasteiger partial charge in [-0.05, 0) is 36.4 Å². The molecular formula is C16H17N3O3S2. The molecule has 126 valence electrons. The predicted octanol–water partition coefficient (Wildman–Crippen LogP) is 2.42. The lowest BCUT2D eigenvalue weighted by Crippen LogP contribution is -2.34. The Bertz CT molecular complexity index is 864. The molecule has 0 saturated heterocycles. The standard InChI is InChI=1S/C16H17N3O3S2/c1-19(2)24(21,22)12-9-7-11(8-10-12)17-16-15(20)18-13-5-3-4-6-14(13)23-16/h3-10,16-17H,1-2H3,(H,18,20)/t16-/m0/s1. The SMILES string of the molecule is CN(C)S(=O)(=O)c1ccc(N[C@H]2Sc3ccccc3NC2=O)cc1. The van der Waals surface area contributed by atoms with Crippen LogP contribution in [0, 0.1) is 0 Å². The maximum atomic E-state index is 12.2. The third-order valence-electron chi connectivity index (χ3n) is 3.56. The van der Waals surface area contributed by atoms with E-state index in [4.69, 9.17) is 0 Å². The Morgan fingerprint density at radius 2 is 1.75 bits per heavy atom. The zero-order valence-electron chi connectivity index (χ0n) is 13.2. The molecule has 0 radical (unpaired) electrons. The van der Waals surface area contributed by atoms with E-state index in [1.54, 1.807) is 12.1 Å². The van der Waals surface area contributed by atoms with E-state index in [-0.39, 0.29) is 10.8 Å². The minimum Gasteiger partial charge on any atom is -0.365 e. The quantitative estimate of drug-likeness (QED) is 0.872. The van der Waals surface area contributed by atoms with Crippen LogP contribution in [0.25, 0.3) is 0 Å². The van der Waals surface area contributed by atoms with Crippen molar-refractivity contribution in [3.8, 4) is 0 Å². The van der Waals surface area contributed by atoms with Crippen molar-refractivity contribution in [3.05, 3.63) is 48.5 Å². The van der Waals surface area contributed by atoms with Crippen molar-refractivity contribution in [3.63, 3.8) is 0 Å². The minimum atomic E-state index is -3.46. The normalized spacial score (nSPS) is 17.3. The van der Waals surface area contributed by atoms with Crippen LogP contribution in [0.15, 0.2) is 58.3 Å². The summed E-state index contributed by atoms with van der Waals surface area (Å²) >= 11 is 1.42. The number of carbonyl (C=O) groups is 1. The maximum absolute atomic E-state index is 12.2. The van der Waals surface area contributed by atoms with Crippen LogP contribution < -0.4 is 10.6 Å². The van der Waals surface area contributed by atoms with Crippen LogP contribution in [-0.2, 0) is 14.8 Å². The van der Waals surface area contributed by atoms with Crippen LogP contribution in [0.4, 0.5) is 11.4 Å². The summed E-state index contributed by atoms with van der Waals surface area (Å²) in [5, 5.41) is 5.50. The molecule has 2 aromatic carbocycles. The van der Waals surface area contributed by atoms with Crippen molar-refractivity contribution in [2.45, 2.75) is 15.2 Å². The van der Waals surface area contributed by atoms with Gasteiger partial charge >= 0.3 is 0 Å². The first-order valence-electron chi connectivity index (χ1n) is 7.23. The van der Waals surface area contributed by atoms with Gasteiger partial charge in [0.25, 0.3) is 5.91 Å². The molecule has 1 aliphatic rings. The second-order valence-electron chi connectivity index (χ2n) is 5.44. The number of anilines is 2. The Morgan fingerprint density at radius 1 is 1.08 bits per heavy atom. The fourth-order valence-electron chi connectivity index (χ4n) is 2.23. The number of thioether (sulfide) groups is 1. The third kappa shape index (κ3) is 3.26. The van der Waals surface area contributed by atoms with Crippen molar-refractivity contribution in [1.82, 2.24) is 4.31 Å². The summed E-state index contributed by atoms with van der Waals surface area (Å²) in [6, 6.07) is 14.0. The van der Waals surface area contributed by atoms with Gasteiger partial charge < -0.3 is 10.6 Å². The lowest BCUT2D eigenvalue weighted by molar-refractivity contribution is -0.115. The highest BCUT2D eigenvalue weighted by Crippen LogP contribution is 2.35. The molecule has 0 spiro atoms. The number of sulfonamides is 1. The minimum absolute atomic E-state index is 0.135. The summed E-state index contributed by atoms with van der Waals surface area (Å²) in [5.74, 6) is -0.135. The number of carbonyl (C=O) groups excluding carboxylic acids is 1. The fraction of sp³-hybridized carbons (Fsp3) is 0.188. The molecule has 0 aliphatic carbocycles. The van der Waals surface area contributed by atoms with Gasteiger partial charge in [-0.25, -0.2) is 12.7 Å². The number of nitrogens with zero attached hydrogens (tertiary/aromatic N) is 1. The van der Waals surface area contributed by atoms with Gasteiger partial charge in [0, 0.05) is 24.7 Å². The number of para-hydroxylation sites is 1. The molecular weight excluding hydrogens is 346 g/mol. The smallest absolute Gasteiger partial charge is 0.257 e. The molecule has 0 fully saturated rings. The van der Waals surface area contributed by atoms with E-state index in [1.165, 1.54) is 38.0 Å². The molecule has 0 aromatic heterocycles. The molecule has 2 N–H and O–H groups in total. The second kappa shape index (κ2) is 6.46. The van der Waals surface area contributed by atoms with E-state index in [0.29, 0.717) is 5.69 Å². The van der Waals surface area contributed by atoms with Crippen molar-refractivity contribution in [2.24, 2.45) is 0 Å². The van der Waals surface area contributed by atoms with Gasteiger partial charge in [-0.2, -0.15) is 0 Å². The molecule has 8 heteroatoms. The Balaban J connectivity index is 1.77. The van der Waals surface area contributed by atoms with Gasteiger partial charge in [0.05, 0.1) is 10.6 Å². The molecule has 1 heterocycles. The van der Waals surface area contributed by atoms with Crippen LogP contribution in [-0.4, -0.2) is 38.1 Å². The maximum Gasteiger partial charge on any atom is 0.257 e. The zero-order valence-corrected chi connectivity index (χ0v) is 14.8. The van der Waals surface area contributed by atoms with Crippen molar-refractivity contribution < 1.29 is 13.2 Å². The van der Waals surface area contributed by atoms with Crippen molar-refractivity contribution >= 4 is 39.1 Å². The molecule has 0 unspecified atom stereocenters. The first-order valence-corrected chi connectivity index (χ1v) is 9.55. The van der Waals surface area contributed by atoms with Gasteiger partial charge in [-0.3, -0.25) is 4.79 Å². The first kappa shape index (κ1) is 16.8. The number of nitrogens with one attached hydrogen (secondary N) is 2.